The van der Waals surface area contributed by atoms with Crippen molar-refractivity contribution in [1.29, 1.82) is 0 Å². The molecule has 4 atom stereocenters. The Morgan fingerprint density at radius 3 is 2.14 bits per heavy atom. The van der Waals surface area contributed by atoms with Crippen molar-refractivity contribution in [2.45, 2.75) is 13.3 Å². The highest BCUT2D eigenvalue weighted by molar-refractivity contribution is 6.05. The standard InChI is InChI=1S/C23H22N2O4/c1-13-17(24-21(26)14-6-3-2-4-7-14)8-5-9-18(13)25-22(27)19-15-10-11-16(12-15)20(19)23(28)29/h2-11,15-16,19-20H,12H2,1H3,(H,24,26)(H,25,27)(H,28,29). The average molecular weight is 390 g/mol. The fourth-order valence-electron chi connectivity index (χ4n) is 4.42. The van der Waals surface area contributed by atoms with Gasteiger partial charge in [-0.1, -0.05) is 36.4 Å². The topological polar surface area (TPSA) is 95.5 Å². The van der Waals surface area contributed by atoms with Crippen LogP contribution in [0.3, 0.4) is 0 Å². The molecule has 2 amide bonds. The quantitative estimate of drug-likeness (QED) is 0.678. The summed E-state index contributed by atoms with van der Waals surface area (Å²) in [5.74, 6) is -2.84. The Morgan fingerprint density at radius 2 is 1.48 bits per heavy atom. The first-order valence-corrected chi connectivity index (χ1v) is 9.63. The van der Waals surface area contributed by atoms with E-state index in [-0.39, 0.29) is 23.7 Å². The fourth-order valence-corrected chi connectivity index (χ4v) is 4.42. The van der Waals surface area contributed by atoms with Crippen LogP contribution >= 0.6 is 0 Å². The molecular weight excluding hydrogens is 368 g/mol. The van der Waals surface area contributed by atoms with Gasteiger partial charge in [0.05, 0.1) is 11.8 Å². The van der Waals surface area contributed by atoms with Gasteiger partial charge in [-0.15, -0.1) is 0 Å². The molecule has 148 valence electrons. The largest absolute Gasteiger partial charge is 0.481 e. The number of carboxylic acids is 1. The van der Waals surface area contributed by atoms with Crippen molar-refractivity contribution in [3.8, 4) is 0 Å². The Labute approximate surface area is 168 Å². The molecule has 2 aromatic rings. The van der Waals surface area contributed by atoms with Gasteiger partial charge in [-0.05, 0) is 55.0 Å². The van der Waals surface area contributed by atoms with Crippen LogP contribution in [0.25, 0.3) is 0 Å². The third-order valence-corrected chi connectivity index (χ3v) is 5.92. The highest BCUT2D eigenvalue weighted by atomic mass is 16.4. The number of nitrogens with one attached hydrogen (secondary N) is 2. The highest BCUT2D eigenvalue weighted by Crippen LogP contribution is 2.48. The summed E-state index contributed by atoms with van der Waals surface area (Å²) in [7, 11) is 0. The Bertz CT molecular complexity index is 999. The van der Waals surface area contributed by atoms with Gasteiger partial charge in [0.25, 0.3) is 5.91 Å². The molecule has 1 saturated carbocycles. The smallest absolute Gasteiger partial charge is 0.307 e. The second kappa shape index (κ2) is 7.54. The monoisotopic (exact) mass is 390 g/mol. The number of anilines is 2. The molecule has 0 heterocycles. The van der Waals surface area contributed by atoms with Crippen LogP contribution in [-0.2, 0) is 9.59 Å². The van der Waals surface area contributed by atoms with E-state index in [0.29, 0.717) is 23.4 Å². The summed E-state index contributed by atoms with van der Waals surface area (Å²) >= 11 is 0. The number of carbonyl (C=O) groups excluding carboxylic acids is 2. The van der Waals surface area contributed by atoms with Gasteiger partial charge in [0, 0.05) is 16.9 Å². The molecule has 2 aromatic carbocycles. The lowest BCUT2D eigenvalue weighted by Gasteiger charge is -2.24. The third kappa shape index (κ3) is 3.53. The zero-order valence-electron chi connectivity index (χ0n) is 16.0. The number of allylic oxidation sites excluding steroid dienone is 2. The van der Waals surface area contributed by atoms with Gasteiger partial charge in [-0.3, -0.25) is 14.4 Å². The molecule has 4 unspecified atom stereocenters. The van der Waals surface area contributed by atoms with E-state index in [9.17, 15) is 19.5 Å². The molecule has 1 fully saturated rings. The number of fused-ring (bicyclic) bond motifs is 2. The number of hydrogen-bond acceptors (Lipinski definition) is 3. The Morgan fingerprint density at radius 1 is 0.862 bits per heavy atom. The minimum atomic E-state index is -0.928. The summed E-state index contributed by atoms with van der Waals surface area (Å²) in [6.07, 6.45) is 4.58. The second-order valence-electron chi connectivity index (χ2n) is 7.63. The van der Waals surface area contributed by atoms with Gasteiger partial charge in [0.1, 0.15) is 0 Å². The number of amides is 2. The average Bonchev–Trinajstić information content (AvgIpc) is 3.33. The number of hydrogen-bond donors (Lipinski definition) is 3. The number of carbonyl (C=O) groups is 3. The normalized spacial score (nSPS) is 24.3. The van der Waals surface area contributed by atoms with Crippen molar-refractivity contribution in [3.63, 3.8) is 0 Å². The molecule has 6 heteroatoms. The molecule has 4 rings (SSSR count). The van der Waals surface area contributed by atoms with Gasteiger partial charge in [0.2, 0.25) is 5.91 Å². The van der Waals surface area contributed by atoms with Crippen LogP contribution < -0.4 is 10.6 Å². The van der Waals surface area contributed by atoms with E-state index in [0.717, 1.165) is 5.56 Å². The third-order valence-electron chi connectivity index (χ3n) is 5.92. The number of benzene rings is 2. The zero-order valence-corrected chi connectivity index (χ0v) is 16.0. The second-order valence-corrected chi connectivity index (χ2v) is 7.63. The molecule has 0 saturated heterocycles. The van der Waals surface area contributed by atoms with E-state index in [4.69, 9.17) is 0 Å². The lowest BCUT2D eigenvalue weighted by atomic mass is 9.82. The lowest BCUT2D eigenvalue weighted by molar-refractivity contribution is -0.146. The molecule has 0 spiro atoms. The Balaban J connectivity index is 1.52. The number of carboxylic acid groups (broad SMARTS) is 1. The van der Waals surface area contributed by atoms with Crippen molar-refractivity contribution in [2.75, 3.05) is 10.6 Å². The van der Waals surface area contributed by atoms with Crippen molar-refractivity contribution >= 4 is 29.2 Å². The maximum atomic E-state index is 12.9. The van der Waals surface area contributed by atoms with E-state index in [1.807, 2.05) is 25.1 Å². The summed E-state index contributed by atoms with van der Waals surface area (Å²) in [6.45, 7) is 1.81. The maximum Gasteiger partial charge on any atom is 0.307 e. The van der Waals surface area contributed by atoms with Crippen molar-refractivity contribution in [2.24, 2.45) is 23.7 Å². The van der Waals surface area contributed by atoms with Crippen molar-refractivity contribution in [3.05, 3.63) is 71.8 Å². The van der Waals surface area contributed by atoms with E-state index in [2.05, 4.69) is 10.6 Å². The van der Waals surface area contributed by atoms with Gasteiger partial charge < -0.3 is 15.7 Å². The highest BCUT2D eigenvalue weighted by Gasteiger charge is 2.51. The molecule has 0 aliphatic heterocycles. The first-order chi connectivity index (χ1) is 14.0. The molecule has 2 aliphatic carbocycles. The van der Waals surface area contributed by atoms with Crippen LogP contribution in [0.2, 0.25) is 0 Å². The van der Waals surface area contributed by atoms with Crippen molar-refractivity contribution in [1.82, 2.24) is 0 Å². The zero-order chi connectivity index (χ0) is 20.5. The summed E-state index contributed by atoms with van der Waals surface area (Å²) < 4.78 is 0. The van der Waals surface area contributed by atoms with Crippen molar-refractivity contribution < 1.29 is 19.5 Å². The fraction of sp³-hybridized carbons (Fsp3) is 0.261. The van der Waals surface area contributed by atoms with Crippen LogP contribution in [0.5, 0.6) is 0 Å². The first-order valence-electron chi connectivity index (χ1n) is 9.63. The van der Waals surface area contributed by atoms with Gasteiger partial charge in [0.15, 0.2) is 0 Å². The molecular formula is C23H22N2O4. The number of rotatable bonds is 5. The minimum absolute atomic E-state index is 0.0395. The maximum absolute atomic E-state index is 12.9. The van der Waals surface area contributed by atoms with E-state index in [1.54, 1.807) is 42.5 Å². The Hall–Kier alpha value is -3.41. The van der Waals surface area contributed by atoms with Gasteiger partial charge >= 0.3 is 5.97 Å². The summed E-state index contributed by atoms with van der Waals surface area (Å²) in [5.41, 5.74) is 2.42. The van der Waals surface area contributed by atoms with Gasteiger partial charge in [-0.2, -0.15) is 0 Å². The summed E-state index contributed by atoms with van der Waals surface area (Å²) in [5, 5.41) is 15.3. The van der Waals surface area contributed by atoms with Crippen LogP contribution in [0.4, 0.5) is 11.4 Å². The number of aliphatic carboxylic acids is 1. The van der Waals surface area contributed by atoms with Crippen LogP contribution in [-0.4, -0.2) is 22.9 Å². The van der Waals surface area contributed by atoms with Crippen LogP contribution in [0, 0.1) is 30.6 Å². The molecule has 3 N–H and O–H groups in total. The molecule has 2 aliphatic rings. The lowest BCUT2D eigenvalue weighted by Crippen LogP contribution is -2.36. The van der Waals surface area contributed by atoms with E-state index >= 15 is 0 Å². The predicted octanol–water partition coefficient (Wildman–Crippen LogP) is 3.71. The van der Waals surface area contributed by atoms with Crippen LogP contribution in [0.1, 0.15) is 22.3 Å². The predicted molar refractivity (Wildman–Crippen MR) is 110 cm³/mol. The molecule has 0 aromatic heterocycles. The Kier molecular flexibility index (Phi) is 4.92. The molecule has 6 nitrogen and oxygen atoms in total. The van der Waals surface area contributed by atoms with Gasteiger partial charge in [-0.25, -0.2) is 0 Å². The van der Waals surface area contributed by atoms with E-state index in [1.165, 1.54) is 0 Å². The van der Waals surface area contributed by atoms with E-state index < -0.39 is 17.8 Å². The summed E-state index contributed by atoms with van der Waals surface area (Å²) in [6, 6.07) is 14.2. The van der Waals surface area contributed by atoms with Crippen LogP contribution in [0.15, 0.2) is 60.7 Å². The first kappa shape index (κ1) is 18.9. The molecule has 29 heavy (non-hydrogen) atoms. The molecule has 2 bridgehead atoms. The summed E-state index contributed by atoms with van der Waals surface area (Å²) in [4.78, 5) is 37.0. The SMILES string of the molecule is Cc1c(NC(=O)c2ccccc2)cccc1NC(=O)C1C2C=CC(C2)C1C(=O)O. The minimum Gasteiger partial charge on any atom is -0.481 e. The molecule has 0 radical (unpaired) electrons.